The summed E-state index contributed by atoms with van der Waals surface area (Å²) in [4.78, 5) is 12.6. The first-order valence-corrected chi connectivity index (χ1v) is 14.4. The van der Waals surface area contributed by atoms with E-state index in [0.717, 1.165) is 16.9 Å². The van der Waals surface area contributed by atoms with E-state index in [2.05, 4.69) is 5.32 Å². The molecule has 0 aromatic heterocycles. The van der Waals surface area contributed by atoms with E-state index < -0.39 is 26.0 Å². The Labute approximate surface area is 205 Å². The predicted molar refractivity (Wildman–Crippen MR) is 129 cm³/mol. The van der Waals surface area contributed by atoms with Crippen LogP contribution in [0.4, 0.5) is 0 Å². The van der Waals surface area contributed by atoms with Crippen LogP contribution in [0, 0.1) is 0 Å². The minimum Gasteiger partial charge on any atom is -0.497 e. The van der Waals surface area contributed by atoms with Crippen LogP contribution in [0.15, 0.2) is 47.4 Å². The monoisotopic (exact) mass is 523 g/mol. The van der Waals surface area contributed by atoms with E-state index in [1.165, 1.54) is 32.9 Å². The smallest absolute Gasteiger partial charge is 0.251 e. The summed E-state index contributed by atoms with van der Waals surface area (Å²) in [5.41, 5.74) is 2.27. The van der Waals surface area contributed by atoms with Crippen molar-refractivity contribution >= 4 is 26.0 Å². The van der Waals surface area contributed by atoms with Gasteiger partial charge in [-0.1, -0.05) is 6.07 Å². The quantitative estimate of drug-likeness (QED) is 0.544. The lowest BCUT2D eigenvalue weighted by Gasteiger charge is -2.28. The molecule has 1 N–H and O–H groups in total. The van der Waals surface area contributed by atoms with Gasteiger partial charge in [-0.3, -0.25) is 4.79 Å². The van der Waals surface area contributed by atoms with Crippen LogP contribution in [0.3, 0.4) is 0 Å². The number of ether oxygens (including phenoxy) is 2. The average Bonchev–Trinajstić information content (AvgIpc) is 2.88. The van der Waals surface area contributed by atoms with Crippen LogP contribution in [0.5, 0.6) is 5.75 Å². The van der Waals surface area contributed by atoms with Crippen LogP contribution in [-0.4, -0.2) is 83.6 Å². The number of amides is 1. The van der Waals surface area contributed by atoms with Gasteiger partial charge in [0.25, 0.3) is 5.91 Å². The Hall–Kier alpha value is -2.51. The lowest BCUT2D eigenvalue weighted by molar-refractivity contribution is 0.0730. The Bertz CT molecular complexity index is 1270. The molecule has 12 heteroatoms. The molecule has 0 unspecified atom stereocenters. The maximum Gasteiger partial charge on any atom is 0.251 e. The topological polar surface area (TPSA) is 122 Å². The number of nitrogens with one attached hydrogen (secondary N) is 1. The molecule has 10 nitrogen and oxygen atoms in total. The summed E-state index contributed by atoms with van der Waals surface area (Å²) in [7, 11) is -5.62. The fraction of sp³-hybridized carbons (Fsp3) is 0.435. The molecule has 2 aromatic carbocycles. The normalized spacial score (nSPS) is 17.5. The van der Waals surface area contributed by atoms with E-state index in [4.69, 9.17) is 9.47 Å². The van der Waals surface area contributed by atoms with Crippen molar-refractivity contribution in [3.63, 3.8) is 0 Å². The number of rotatable bonds is 8. The van der Waals surface area contributed by atoms with Gasteiger partial charge in [-0.25, -0.2) is 16.8 Å². The van der Waals surface area contributed by atoms with Crippen molar-refractivity contribution in [3.05, 3.63) is 59.2 Å². The van der Waals surface area contributed by atoms with Crippen molar-refractivity contribution in [1.82, 2.24) is 13.9 Å². The van der Waals surface area contributed by atoms with Crippen molar-refractivity contribution in [3.8, 4) is 5.75 Å². The van der Waals surface area contributed by atoms with Crippen molar-refractivity contribution in [2.45, 2.75) is 17.9 Å². The molecule has 2 aliphatic heterocycles. The molecule has 1 saturated heterocycles. The van der Waals surface area contributed by atoms with Gasteiger partial charge in [0.1, 0.15) is 5.75 Å². The standard InChI is InChI=1S/C23H29N3O7S2/c1-32-21-5-2-20-17-26(10-8-19(20)16-21)34(28,29)15-9-24-23(27)18-3-6-22(7-4-18)35(30,31)25-11-13-33-14-12-25/h2-7,16H,8-15,17H2,1H3,(H,24,27). The minimum absolute atomic E-state index is 0.0546. The molecule has 1 amide bonds. The molecule has 0 aliphatic carbocycles. The highest BCUT2D eigenvalue weighted by Crippen LogP contribution is 2.25. The maximum atomic E-state index is 12.8. The van der Waals surface area contributed by atoms with Crippen LogP contribution < -0.4 is 10.1 Å². The van der Waals surface area contributed by atoms with E-state index in [0.29, 0.717) is 26.2 Å². The second-order valence-electron chi connectivity index (χ2n) is 8.33. The number of morpholine rings is 1. The average molecular weight is 524 g/mol. The Kier molecular flexibility index (Phi) is 7.77. The van der Waals surface area contributed by atoms with Gasteiger partial charge in [0.05, 0.1) is 31.0 Å². The number of carbonyl (C=O) groups is 1. The van der Waals surface area contributed by atoms with E-state index in [9.17, 15) is 21.6 Å². The zero-order valence-corrected chi connectivity index (χ0v) is 21.1. The second-order valence-corrected chi connectivity index (χ2v) is 12.4. The second kappa shape index (κ2) is 10.6. The zero-order valence-electron chi connectivity index (χ0n) is 19.5. The van der Waals surface area contributed by atoms with Gasteiger partial charge in [-0.2, -0.15) is 8.61 Å². The summed E-state index contributed by atoms with van der Waals surface area (Å²) in [6.07, 6.45) is 0.595. The van der Waals surface area contributed by atoms with Gasteiger partial charge in [-0.15, -0.1) is 0 Å². The first kappa shape index (κ1) is 25.6. The third-order valence-corrected chi connectivity index (χ3v) is 9.89. The van der Waals surface area contributed by atoms with Crippen molar-refractivity contribution in [1.29, 1.82) is 0 Å². The molecule has 35 heavy (non-hydrogen) atoms. The van der Waals surface area contributed by atoms with Crippen molar-refractivity contribution in [2.75, 3.05) is 52.3 Å². The fourth-order valence-corrected chi connectivity index (χ4v) is 6.84. The molecule has 0 radical (unpaired) electrons. The highest BCUT2D eigenvalue weighted by atomic mass is 32.2. The number of hydrogen-bond donors (Lipinski definition) is 1. The number of benzene rings is 2. The fourth-order valence-electron chi connectivity index (χ4n) is 4.11. The molecule has 2 aromatic rings. The van der Waals surface area contributed by atoms with E-state index >= 15 is 0 Å². The molecule has 0 atom stereocenters. The largest absolute Gasteiger partial charge is 0.497 e. The first-order chi connectivity index (χ1) is 16.7. The van der Waals surface area contributed by atoms with Crippen LogP contribution in [-0.2, 0) is 37.7 Å². The molecule has 190 valence electrons. The number of nitrogens with zero attached hydrogens (tertiary/aromatic N) is 2. The van der Waals surface area contributed by atoms with Crippen LogP contribution >= 0.6 is 0 Å². The summed E-state index contributed by atoms with van der Waals surface area (Å²) in [5, 5.41) is 2.61. The van der Waals surface area contributed by atoms with Gasteiger partial charge < -0.3 is 14.8 Å². The molecule has 0 saturated carbocycles. The number of carbonyl (C=O) groups excluding carboxylic acids is 1. The van der Waals surface area contributed by atoms with E-state index in [1.54, 1.807) is 7.11 Å². The Morgan fingerprint density at radius 2 is 1.69 bits per heavy atom. The lowest BCUT2D eigenvalue weighted by Crippen LogP contribution is -2.40. The molecule has 2 aliphatic rings. The van der Waals surface area contributed by atoms with Gasteiger partial charge in [-0.05, 0) is 53.9 Å². The summed E-state index contributed by atoms with van der Waals surface area (Å²) < 4.78 is 64.2. The highest BCUT2D eigenvalue weighted by Gasteiger charge is 2.28. The summed E-state index contributed by atoms with van der Waals surface area (Å²) in [6, 6.07) is 11.2. The maximum absolute atomic E-state index is 12.8. The summed E-state index contributed by atoms with van der Waals surface area (Å²) in [6.45, 7) is 1.87. The number of fused-ring (bicyclic) bond motifs is 1. The molecular weight excluding hydrogens is 494 g/mol. The van der Waals surface area contributed by atoms with Crippen LogP contribution in [0.1, 0.15) is 21.5 Å². The van der Waals surface area contributed by atoms with Crippen LogP contribution in [0.25, 0.3) is 0 Å². The molecule has 0 bridgehead atoms. The van der Waals surface area contributed by atoms with Crippen molar-refractivity contribution in [2.24, 2.45) is 0 Å². The zero-order chi connectivity index (χ0) is 25.1. The van der Waals surface area contributed by atoms with Gasteiger partial charge in [0, 0.05) is 38.3 Å². The summed E-state index contributed by atoms with van der Waals surface area (Å²) in [5.74, 6) is 0.0503. The van der Waals surface area contributed by atoms with Gasteiger partial charge in [0.2, 0.25) is 20.0 Å². The lowest BCUT2D eigenvalue weighted by atomic mass is 10.0. The third-order valence-electron chi connectivity index (χ3n) is 6.15. The predicted octanol–water partition coefficient (Wildman–Crippen LogP) is 0.834. The molecule has 4 rings (SSSR count). The Morgan fingerprint density at radius 3 is 2.37 bits per heavy atom. The number of hydrogen-bond acceptors (Lipinski definition) is 7. The number of sulfonamides is 2. The summed E-state index contributed by atoms with van der Waals surface area (Å²) >= 11 is 0. The Balaban J connectivity index is 1.31. The molecular formula is C23H29N3O7S2. The van der Waals surface area contributed by atoms with Gasteiger partial charge >= 0.3 is 0 Å². The molecule has 2 heterocycles. The molecule has 1 fully saturated rings. The highest BCUT2D eigenvalue weighted by molar-refractivity contribution is 7.89. The Morgan fingerprint density at radius 1 is 0.971 bits per heavy atom. The van der Waals surface area contributed by atoms with Gasteiger partial charge in [0.15, 0.2) is 0 Å². The van der Waals surface area contributed by atoms with Crippen molar-refractivity contribution < 1.29 is 31.1 Å². The van der Waals surface area contributed by atoms with E-state index in [1.807, 2.05) is 18.2 Å². The minimum atomic E-state index is -3.65. The first-order valence-electron chi connectivity index (χ1n) is 11.3. The number of methoxy groups -OCH3 is 1. The molecule has 0 spiro atoms. The van der Waals surface area contributed by atoms with Crippen LogP contribution in [0.2, 0.25) is 0 Å². The SMILES string of the molecule is COc1ccc2c(c1)CCN(S(=O)(=O)CCNC(=O)c1ccc(S(=O)(=O)N3CCOCC3)cc1)C2. The third kappa shape index (κ3) is 5.84. The van der Waals surface area contributed by atoms with E-state index in [-0.39, 0.29) is 42.4 Å².